The van der Waals surface area contributed by atoms with Gasteiger partial charge in [0.05, 0.1) is 22.1 Å². The molecule has 0 aliphatic heterocycles. The van der Waals surface area contributed by atoms with E-state index in [-0.39, 0.29) is 0 Å². The van der Waals surface area contributed by atoms with Crippen LogP contribution in [0.2, 0.25) is 0 Å². The second kappa shape index (κ2) is 16.9. The topological polar surface area (TPSA) is 24.6 Å². The highest BCUT2D eigenvalue weighted by atomic mass is 16.3. The first kappa shape index (κ1) is 43.3. The molecule has 16 rings (SSSR count). The lowest BCUT2D eigenvalue weighted by Crippen LogP contribution is -2.25. The molecule has 1 atom stereocenters. The number of benzene rings is 12. The standard InChI is InChI=1S/C73H47N3O/c1-5-22-50(23-6-1)74(51-24-7-2-8-25-51)54-44-49(45-55(47-54)75(52-26-9-3-10-27-52)68-38-21-34-59-58-31-16-20-39-69(58)77-72(59)68)48-40-41-57-56-30-13-17-35-62(56)73(65(57)46-48)63-36-18-14-32-60(63)70-64(73)42-43-67-71(70)61-33-15-19-37-66(61)76(67)53-28-11-4-12-29-53/h1-47H. The summed E-state index contributed by atoms with van der Waals surface area (Å²) in [6.45, 7) is 0. The number of hydrogen-bond donors (Lipinski definition) is 0. The molecule has 1 unspecified atom stereocenters. The minimum absolute atomic E-state index is 0.592. The lowest BCUT2D eigenvalue weighted by Gasteiger charge is -2.31. The van der Waals surface area contributed by atoms with E-state index in [1.807, 2.05) is 6.07 Å². The molecule has 14 aromatic rings. The van der Waals surface area contributed by atoms with Gasteiger partial charge in [-0.1, -0.05) is 188 Å². The van der Waals surface area contributed by atoms with Crippen molar-refractivity contribution in [1.29, 1.82) is 0 Å². The molecule has 0 fully saturated rings. The van der Waals surface area contributed by atoms with E-state index in [0.29, 0.717) is 0 Å². The molecule has 2 aliphatic rings. The molecule has 77 heavy (non-hydrogen) atoms. The fourth-order valence-electron chi connectivity index (χ4n) is 13.3. The van der Waals surface area contributed by atoms with Crippen LogP contribution in [-0.2, 0) is 5.41 Å². The van der Waals surface area contributed by atoms with Gasteiger partial charge in [-0.15, -0.1) is 0 Å². The largest absolute Gasteiger partial charge is 0.454 e. The molecule has 2 heterocycles. The van der Waals surface area contributed by atoms with Crippen LogP contribution in [0, 0.1) is 0 Å². The molecular weight excluding hydrogens is 935 g/mol. The Morgan fingerprint density at radius 2 is 0.883 bits per heavy atom. The maximum Gasteiger partial charge on any atom is 0.159 e. The van der Waals surface area contributed by atoms with Crippen LogP contribution in [0.5, 0.6) is 0 Å². The van der Waals surface area contributed by atoms with Crippen molar-refractivity contribution in [2.75, 3.05) is 9.80 Å². The molecule has 1 spiro atoms. The molecule has 2 aromatic heterocycles. The second-order valence-corrected chi connectivity index (χ2v) is 20.3. The third kappa shape index (κ3) is 6.33. The van der Waals surface area contributed by atoms with Gasteiger partial charge in [0.2, 0.25) is 0 Å². The molecule has 4 heteroatoms. The third-order valence-corrected chi connectivity index (χ3v) is 16.3. The molecule has 0 saturated carbocycles. The van der Waals surface area contributed by atoms with E-state index in [9.17, 15) is 0 Å². The molecule has 4 nitrogen and oxygen atoms in total. The van der Waals surface area contributed by atoms with Gasteiger partial charge in [0.25, 0.3) is 0 Å². The quantitative estimate of drug-likeness (QED) is 0.152. The normalized spacial score (nSPS) is 14.0. The number of furan rings is 1. The van der Waals surface area contributed by atoms with E-state index in [1.54, 1.807) is 0 Å². The molecule has 12 aromatic carbocycles. The number of para-hydroxylation sites is 7. The number of aromatic nitrogens is 1. The van der Waals surface area contributed by atoms with E-state index >= 15 is 0 Å². The van der Waals surface area contributed by atoms with Gasteiger partial charge in [-0.3, -0.25) is 0 Å². The summed E-state index contributed by atoms with van der Waals surface area (Å²) in [6, 6.07) is 104. The van der Waals surface area contributed by atoms with Gasteiger partial charge in [-0.05, 0) is 153 Å². The zero-order valence-electron chi connectivity index (χ0n) is 41.9. The average Bonchev–Trinajstić information content (AvgIpc) is 4.43. The van der Waals surface area contributed by atoms with E-state index < -0.39 is 5.41 Å². The van der Waals surface area contributed by atoms with Crippen molar-refractivity contribution in [1.82, 2.24) is 4.57 Å². The summed E-state index contributed by atoms with van der Waals surface area (Å²) in [5, 5.41) is 4.71. The molecule has 0 bridgehead atoms. The summed E-state index contributed by atoms with van der Waals surface area (Å²) in [5.74, 6) is 0. The first-order valence-electron chi connectivity index (χ1n) is 26.5. The molecule has 0 radical (unpaired) electrons. The van der Waals surface area contributed by atoms with Gasteiger partial charge in [0.1, 0.15) is 5.58 Å². The fraction of sp³-hybridized carbons (Fsp3) is 0.0137. The van der Waals surface area contributed by atoms with Gasteiger partial charge in [0, 0.05) is 55.7 Å². The van der Waals surface area contributed by atoms with E-state index in [0.717, 1.165) is 72.9 Å². The summed E-state index contributed by atoms with van der Waals surface area (Å²) in [5.41, 5.74) is 23.4. The number of anilines is 6. The Labute approximate surface area is 446 Å². The van der Waals surface area contributed by atoms with Crippen molar-refractivity contribution in [3.63, 3.8) is 0 Å². The van der Waals surface area contributed by atoms with Crippen molar-refractivity contribution in [2.24, 2.45) is 0 Å². The van der Waals surface area contributed by atoms with Gasteiger partial charge in [-0.25, -0.2) is 0 Å². The highest BCUT2D eigenvalue weighted by Gasteiger charge is 2.52. The van der Waals surface area contributed by atoms with E-state index in [2.05, 4.69) is 293 Å². The lowest BCUT2D eigenvalue weighted by atomic mass is 9.70. The zero-order chi connectivity index (χ0) is 50.6. The maximum atomic E-state index is 6.85. The van der Waals surface area contributed by atoms with Crippen LogP contribution in [0.15, 0.2) is 290 Å². The molecule has 0 N–H and O–H groups in total. The predicted octanol–water partition coefficient (Wildman–Crippen LogP) is 19.6. The van der Waals surface area contributed by atoms with Crippen LogP contribution in [0.1, 0.15) is 22.3 Å². The van der Waals surface area contributed by atoms with Crippen LogP contribution < -0.4 is 9.80 Å². The lowest BCUT2D eigenvalue weighted by molar-refractivity contribution is 0.669. The fourth-order valence-corrected chi connectivity index (χ4v) is 13.3. The Kier molecular flexibility index (Phi) is 9.52. The minimum Gasteiger partial charge on any atom is -0.454 e. The Hall–Kier alpha value is -10.2. The molecule has 360 valence electrons. The number of fused-ring (bicyclic) bond motifs is 17. The monoisotopic (exact) mass is 981 g/mol. The molecule has 2 aliphatic carbocycles. The van der Waals surface area contributed by atoms with Gasteiger partial charge < -0.3 is 18.8 Å². The smallest absolute Gasteiger partial charge is 0.159 e. The van der Waals surface area contributed by atoms with Gasteiger partial charge in [-0.2, -0.15) is 0 Å². The summed E-state index contributed by atoms with van der Waals surface area (Å²) < 4.78 is 9.30. The van der Waals surface area contributed by atoms with Crippen LogP contribution in [0.4, 0.5) is 34.1 Å². The third-order valence-electron chi connectivity index (χ3n) is 16.3. The molecular formula is C73H47N3O. The first-order valence-corrected chi connectivity index (χ1v) is 26.5. The van der Waals surface area contributed by atoms with Crippen LogP contribution in [0.3, 0.4) is 0 Å². The highest BCUT2D eigenvalue weighted by molar-refractivity contribution is 6.19. The van der Waals surface area contributed by atoms with Crippen LogP contribution >= 0.6 is 0 Å². The predicted molar refractivity (Wildman–Crippen MR) is 319 cm³/mol. The Bertz CT molecular complexity index is 4600. The van der Waals surface area contributed by atoms with Crippen molar-refractivity contribution in [3.8, 4) is 39.1 Å². The first-order chi connectivity index (χ1) is 38.2. The van der Waals surface area contributed by atoms with E-state index in [1.165, 1.54) is 66.3 Å². The van der Waals surface area contributed by atoms with Crippen molar-refractivity contribution in [2.45, 2.75) is 5.41 Å². The van der Waals surface area contributed by atoms with Crippen molar-refractivity contribution >= 4 is 77.9 Å². The molecule has 0 saturated heterocycles. The Morgan fingerprint density at radius 3 is 1.61 bits per heavy atom. The maximum absolute atomic E-state index is 6.85. The number of hydrogen-bond acceptors (Lipinski definition) is 3. The minimum atomic E-state index is -0.592. The summed E-state index contributed by atoms with van der Waals surface area (Å²) in [7, 11) is 0. The van der Waals surface area contributed by atoms with Gasteiger partial charge >= 0.3 is 0 Å². The summed E-state index contributed by atoms with van der Waals surface area (Å²) in [6.07, 6.45) is 0. The van der Waals surface area contributed by atoms with E-state index in [4.69, 9.17) is 4.42 Å². The van der Waals surface area contributed by atoms with Crippen LogP contribution in [-0.4, -0.2) is 4.57 Å². The van der Waals surface area contributed by atoms with Crippen LogP contribution in [0.25, 0.3) is 82.8 Å². The van der Waals surface area contributed by atoms with Crippen molar-refractivity contribution in [3.05, 3.63) is 307 Å². The zero-order valence-corrected chi connectivity index (χ0v) is 41.9. The number of rotatable bonds is 8. The summed E-state index contributed by atoms with van der Waals surface area (Å²) >= 11 is 0. The Morgan fingerprint density at radius 1 is 0.325 bits per heavy atom. The van der Waals surface area contributed by atoms with Crippen molar-refractivity contribution < 1.29 is 4.42 Å². The second-order valence-electron chi connectivity index (χ2n) is 20.3. The Balaban J connectivity index is 0.976. The van der Waals surface area contributed by atoms with Gasteiger partial charge in [0.15, 0.2) is 5.58 Å². The highest BCUT2D eigenvalue weighted by Crippen LogP contribution is 2.65. The average molecular weight is 982 g/mol. The summed E-state index contributed by atoms with van der Waals surface area (Å²) in [4.78, 5) is 4.75. The number of nitrogens with zero attached hydrogens (tertiary/aromatic N) is 3. The SMILES string of the molecule is c1ccc(N(c2ccccc2)c2cc(-c3ccc4c(c3)C3(c5ccccc5-4)c4ccccc4-c4c3ccc3c4c4ccccc4n3-c3ccccc3)cc(N(c3ccccc3)c3cccc4c3oc3ccccc34)c2)cc1. The molecule has 0 amide bonds.